The number of carbonyl (C=O) groups excluding carboxylic acids is 1. The molecule has 0 spiro atoms. The number of terminal acetylenes is 1. The quantitative estimate of drug-likeness (QED) is 0.851. The lowest BCUT2D eigenvalue weighted by molar-refractivity contribution is 0.214. The maximum atomic E-state index is 11.8. The van der Waals surface area contributed by atoms with E-state index in [-0.39, 0.29) is 18.6 Å². The molecule has 2 heterocycles. The molecule has 2 amide bonds. The summed E-state index contributed by atoms with van der Waals surface area (Å²) < 4.78 is 1.16. The standard InChI is InChI=1S/C14H11N3OS/c1-2-7-17-12(13(15)16-14(17)18)10-8-19-11-6-4-3-5-9(10)11/h1,3-6,8,12H,7H2,(H2,15,16,18). The lowest BCUT2D eigenvalue weighted by Gasteiger charge is -2.21. The van der Waals surface area contributed by atoms with Gasteiger partial charge in [0.1, 0.15) is 11.9 Å². The van der Waals surface area contributed by atoms with E-state index < -0.39 is 0 Å². The van der Waals surface area contributed by atoms with Gasteiger partial charge in [-0.2, -0.15) is 4.99 Å². The highest BCUT2D eigenvalue weighted by Gasteiger charge is 2.35. The van der Waals surface area contributed by atoms with Crippen LogP contribution in [0.15, 0.2) is 34.6 Å². The Bertz CT molecular complexity index is 726. The van der Waals surface area contributed by atoms with Crippen molar-refractivity contribution >= 4 is 33.3 Å². The number of amides is 2. The maximum absolute atomic E-state index is 11.8. The van der Waals surface area contributed by atoms with Gasteiger partial charge in [-0.3, -0.25) is 4.90 Å². The van der Waals surface area contributed by atoms with Crippen LogP contribution in [0.5, 0.6) is 0 Å². The molecule has 1 aliphatic rings. The lowest BCUT2D eigenvalue weighted by atomic mass is 10.0. The van der Waals surface area contributed by atoms with Gasteiger partial charge >= 0.3 is 6.03 Å². The van der Waals surface area contributed by atoms with Crippen LogP contribution in [0.4, 0.5) is 4.79 Å². The predicted octanol–water partition coefficient (Wildman–Crippen LogP) is 2.37. The van der Waals surface area contributed by atoms with Gasteiger partial charge in [-0.15, -0.1) is 17.8 Å². The Hall–Kier alpha value is -2.32. The Morgan fingerprint density at radius 2 is 2.26 bits per heavy atom. The van der Waals surface area contributed by atoms with Crippen molar-refractivity contribution in [2.24, 2.45) is 10.7 Å². The fourth-order valence-corrected chi connectivity index (χ4v) is 3.28. The number of amidine groups is 1. The molecule has 4 nitrogen and oxygen atoms in total. The monoisotopic (exact) mass is 269 g/mol. The van der Waals surface area contributed by atoms with Gasteiger partial charge in [0.2, 0.25) is 0 Å². The summed E-state index contributed by atoms with van der Waals surface area (Å²) in [5.74, 6) is 2.79. The second-order valence-electron chi connectivity index (χ2n) is 4.24. The van der Waals surface area contributed by atoms with Crippen molar-refractivity contribution in [1.82, 2.24) is 4.90 Å². The van der Waals surface area contributed by atoms with E-state index in [0.717, 1.165) is 15.6 Å². The molecule has 1 unspecified atom stereocenters. The summed E-state index contributed by atoms with van der Waals surface area (Å²) in [7, 11) is 0. The lowest BCUT2D eigenvalue weighted by Crippen LogP contribution is -2.33. The molecule has 2 aromatic rings. The third-order valence-corrected chi connectivity index (χ3v) is 4.11. The second kappa shape index (κ2) is 4.41. The average molecular weight is 269 g/mol. The highest BCUT2D eigenvalue weighted by atomic mass is 32.1. The van der Waals surface area contributed by atoms with Crippen molar-refractivity contribution in [3.63, 3.8) is 0 Å². The number of hydrogen-bond acceptors (Lipinski definition) is 3. The molecule has 1 aromatic heterocycles. The number of fused-ring (bicyclic) bond motifs is 1. The highest BCUT2D eigenvalue weighted by molar-refractivity contribution is 7.17. The Balaban J connectivity index is 2.12. The third-order valence-electron chi connectivity index (χ3n) is 3.13. The van der Waals surface area contributed by atoms with Crippen molar-refractivity contribution in [3.8, 4) is 12.3 Å². The molecule has 94 valence electrons. The first-order valence-electron chi connectivity index (χ1n) is 5.76. The Labute approximate surface area is 114 Å². The van der Waals surface area contributed by atoms with E-state index in [1.165, 1.54) is 4.90 Å². The predicted molar refractivity (Wildman–Crippen MR) is 77.1 cm³/mol. The van der Waals surface area contributed by atoms with Gasteiger partial charge in [0, 0.05) is 10.3 Å². The van der Waals surface area contributed by atoms with E-state index in [2.05, 4.69) is 10.9 Å². The summed E-state index contributed by atoms with van der Waals surface area (Å²) in [6.07, 6.45) is 5.31. The minimum atomic E-state index is -0.365. The van der Waals surface area contributed by atoms with Gasteiger partial charge in [0.15, 0.2) is 0 Å². The normalized spacial score (nSPS) is 18.7. The number of nitrogens with zero attached hydrogens (tertiary/aromatic N) is 2. The van der Waals surface area contributed by atoms with Crippen LogP contribution in [0.1, 0.15) is 11.6 Å². The molecule has 5 heteroatoms. The third kappa shape index (κ3) is 1.77. The van der Waals surface area contributed by atoms with Crippen molar-refractivity contribution in [2.45, 2.75) is 6.04 Å². The van der Waals surface area contributed by atoms with E-state index in [0.29, 0.717) is 5.84 Å². The minimum Gasteiger partial charge on any atom is -0.385 e. The fourth-order valence-electron chi connectivity index (χ4n) is 2.30. The molecule has 2 N–H and O–H groups in total. The average Bonchev–Trinajstić information content (AvgIpc) is 2.92. The summed E-state index contributed by atoms with van der Waals surface area (Å²) in [6.45, 7) is 0.206. The molecule has 1 atom stereocenters. The van der Waals surface area contributed by atoms with Gasteiger partial charge < -0.3 is 5.73 Å². The zero-order valence-corrected chi connectivity index (χ0v) is 10.9. The first-order chi connectivity index (χ1) is 9.22. The van der Waals surface area contributed by atoms with E-state index in [9.17, 15) is 4.79 Å². The molecule has 0 fully saturated rings. The minimum absolute atomic E-state index is 0.206. The summed E-state index contributed by atoms with van der Waals surface area (Å²) >= 11 is 1.62. The van der Waals surface area contributed by atoms with Crippen molar-refractivity contribution in [3.05, 3.63) is 35.2 Å². The summed E-state index contributed by atoms with van der Waals surface area (Å²) in [4.78, 5) is 17.1. The van der Waals surface area contributed by atoms with Gasteiger partial charge in [0.05, 0.1) is 6.54 Å². The van der Waals surface area contributed by atoms with E-state index in [1.54, 1.807) is 11.3 Å². The number of carbonyl (C=O) groups is 1. The van der Waals surface area contributed by atoms with Crippen LogP contribution < -0.4 is 5.73 Å². The van der Waals surface area contributed by atoms with Crippen LogP contribution in [0, 0.1) is 12.3 Å². The molecule has 19 heavy (non-hydrogen) atoms. The molecule has 3 rings (SSSR count). The summed E-state index contributed by atoms with van der Waals surface area (Å²) in [5.41, 5.74) is 6.88. The molecule has 1 aromatic carbocycles. The van der Waals surface area contributed by atoms with Crippen molar-refractivity contribution < 1.29 is 4.79 Å². The number of thiophene rings is 1. The number of rotatable bonds is 2. The first kappa shape index (κ1) is 11.8. The Morgan fingerprint density at radius 1 is 1.47 bits per heavy atom. The molecule has 0 bridgehead atoms. The number of hydrogen-bond donors (Lipinski definition) is 1. The number of nitrogens with two attached hydrogens (primary N) is 1. The van der Waals surface area contributed by atoms with E-state index in [1.807, 2.05) is 29.6 Å². The largest absolute Gasteiger partial charge is 0.385 e. The van der Waals surface area contributed by atoms with Crippen molar-refractivity contribution in [2.75, 3.05) is 6.54 Å². The van der Waals surface area contributed by atoms with Crippen LogP contribution >= 0.6 is 11.3 Å². The van der Waals surface area contributed by atoms with Gasteiger partial charge in [-0.25, -0.2) is 4.79 Å². The van der Waals surface area contributed by atoms with Crippen molar-refractivity contribution in [1.29, 1.82) is 0 Å². The topological polar surface area (TPSA) is 58.7 Å². The number of aliphatic imine (C=N–C) groups is 1. The number of urea groups is 1. The first-order valence-corrected chi connectivity index (χ1v) is 6.64. The molecular weight excluding hydrogens is 258 g/mol. The zero-order valence-electron chi connectivity index (χ0n) is 10.0. The smallest absolute Gasteiger partial charge is 0.346 e. The van der Waals surface area contributed by atoms with Crippen LogP contribution in [0.3, 0.4) is 0 Å². The van der Waals surface area contributed by atoms with Crippen LogP contribution in [0.2, 0.25) is 0 Å². The van der Waals surface area contributed by atoms with Gasteiger partial charge in [-0.1, -0.05) is 24.1 Å². The Kier molecular flexibility index (Phi) is 2.73. The molecule has 0 saturated carbocycles. The van der Waals surface area contributed by atoms with Gasteiger partial charge in [0.25, 0.3) is 0 Å². The molecular formula is C14H11N3OS. The molecule has 0 radical (unpaired) electrons. The van der Waals surface area contributed by atoms with Crippen LogP contribution in [-0.2, 0) is 0 Å². The SMILES string of the molecule is C#CCN1C(=O)N=C(N)C1c1csc2ccccc12. The molecule has 0 aliphatic carbocycles. The molecule has 1 aliphatic heterocycles. The maximum Gasteiger partial charge on any atom is 0.346 e. The summed E-state index contributed by atoms with van der Waals surface area (Å²) in [6, 6.07) is 7.30. The molecule has 0 saturated heterocycles. The fraction of sp³-hybridized carbons (Fsp3) is 0.143. The van der Waals surface area contributed by atoms with Crippen LogP contribution in [0.25, 0.3) is 10.1 Å². The van der Waals surface area contributed by atoms with E-state index in [4.69, 9.17) is 12.2 Å². The van der Waals surface area contributed by atoms with Crippen LogP contribution in [-0.4, -0.2) is 23.3 Å². The van der Waals surface area contributed by atoms with E-state index >= 15 is 0 Å². The number of benzene rings is 1. The van der Waals surface area contributed by atoms with Gasteiger partial charge in [-0.05, 0) is 16.8 Å². The summed E-state index contributed by atoms with van der Waals surface area (Å²) in [5, 5.41) is 3.10. The second-order valence-corrected chi connectivity index (χ2v) is 5.15. The highest BCUT2D eigenvalue weighted by Crippen LogP contribution is 2.35. The Morgan fingerprint density at radius 3 is 3.05 bits per heavy atom. The zero-order chi connectivity index (χ0) is 13.4.